The van der Waals surface area contributed by atoms with E-state index in [1.807, 2.05) is 72.9 Å². The molecular weight excluding hydrogens is 988 g/mol. The largest absolute Gasteiger partial charge is 0 e. The van der Waals surface area contributed by atoms with Crippen LogP contribution >= 0.6 is 11.3 Å². The van der Waals surface area contributed by atoms with Crippen LogP contribution in [-0.4, -0.2) is 27.8 Å². The number of para-hydroxylation sites is 2. The summed E-state index contributed by atoms with van der Waals surface area (Å²) in [5.74, 6) is 8.00. The van der Waals surface area contributed by atoms with Crippen LogP contribution in [-0.2, 0) is 20.1 Å². The summed E-state index contributed by atoms with van der Waals surface area (Å²) in [6, 6.07) is 64.5. The number of pyridine rings is 1. The summed E-state index contributed by atoms with van der Waals surface area (Å²) >= 11 is 0.0390. The Morgan fingerprint density at radius 2 is 1.43 bits per heavy atom. The van der Waals surface area contributed by atoms with Crippen LogP contribution in [0.2, 0.25) is 17.3 Å². The van der Waals surface area contributed by atoms with Crippen molar-refractivity contribution in [2.45, 2.75) is 24.1 Å². The Morgan fingerprint density at radius 3 is 2.23 bits per heavy atom. The Labute approximate surface area is 375 Å². The molecule has 3 heterocycles. The van der Waals surface area contributed by atoms with Crippen molar-refractivity contribution in [1.29, 1.82) is 0 Å². The Bertz CT molecular complexity index is 3440. The molecule has 6 heteroatoms. The minimum atomic E-state index is -2.18. The van der Waals surface area contributed by atoms with Gasteiger partial charge in [0, 0.05) is 40.0 Å². The van der Waals surface area contributed by atoms with E-state index < -0.39 is 20.1 Å². The number of nitrogens with zero attached hydrogens (tertiary/aromatic N) is 3. The predicted octanol–water partition coefficient (Wildman–Crippen LogP) is 14.2. The molecule has 0 aliphatic carbocycles. The first-order valence-electron chi connectivity index (χ1n) is 21.3. The first-order valence-corrected chi connectivity index (χ1v) is 28.0. The van der Waals surface area contributed by atoms with E-state index in [2.05, 4.69) is 136 Å². The number of imidazole rings is 1. The molecule has 0 aliphatic heterocycles. The monoisotopic (exact) mass is 1030 g/mol. The molecule has 0 N–H and O–H groups in total. The number of thiophene rings is 1. The summed E-state index contributed by atoms with van der Waals surface area (Å²) in [6.07, 6.45) is 2.04. The summed E-state index contributed by atoms with van der Waals surface area (Å²) in [7, 11) is 0. The number of rotatable bonds is 5. The normalized spacial score (nSPS) is 12.5. The van der Waals surface area contributed by atoms with Crippen molar-refractivity contribution in [3.63, 3.8) is 0 Å². The van der Waals surface area contributed by atoms with Crippen LogP contribution in [0.1, 0.15) is 9.68 Å². The van der Waals surface area contributed by atoms with Gasteiger partial charge in [0.1, 0.15) is 0 Å². The van der Waals surface area contributed by atoms with Gasteiger partial charge in [0.25, 0.3) is 0 Å². The number of benzene rings is 8. The van der Waals surface area contributed by atoms with E-state index in [0.717, 1.165) is 76.7 Å². The van der Waals surface area contributed by atoms with Gasteiger partial charge in [0.15, 0.2) is 0 Å². The molecule has 0 bridgehead atoms. The van der Waals surface area contributed by atoms with Crippen molar-refractivity contribution >= 4 is 81.7 Å². The van der Waals surface area contributed by atoms with Gasteiger partial charge in [-0.3, -0.25) is 4.98 Å². The molecule has 1 radical (unpaired) electrons. The summed E-state index contributed by atoms with van der Waals surface area (Å²) < 4.78 is 30.2. The van der Waals surface area contributed by atoms with Gasteiger partial charge < -0.3 is 4.57 Å². The van der Waals surface area contributed by atoms with Gasteiger partial charge in [-0.15, -0.1) is 18.2 Å². The topological polar surface area (TPSA) is 30.7 Å². The zero-order valence-corrected chi connectivity index (χ0v) is 38.6. The minimum absolute atomic E-state index is 0. The molecular formula is C54H41GeIrN3S-2. The molecule has 0 atom stereocenters. The average molecular weight is 1030 g/mol. The number of aryl methyl sites for hydroxylation is 1. The van der Waals surface area contributed by atoms with Gasteiger partial charge in [-0.25, -0.2) is 0 Å². The number of hydrogen-bond acceptors (Lipinski definition) is 3. The molecule has 293 valence electrons. The van der Waals surface area contributed by atoms with Crippen LogP contribution in [0.3, 0.4) is 0 Å². The van der Waals surface area contributed by atoms with E-state index in [1.54, 1.807) is 17.4 Å². The van der Waals surface area contributed by atoms with Gasteiger partial charge in [0.2, 0.25) is 0 Å². The minimum Gasteiger partial charge on any atom is 0 e. The Morgan fingerprint density at radius 1 is 0.650 bits per heavy atom. The van der Waals surface area contributed by atoms with Crippen LogP contribution < -0.4 is 4.40 Å². The van der Waals surface area contributed by atoms with Crippen molar-refractivity contribution < 1.29 is 24.2 Å². The fraction of sp³-hybridized carbons (Fsp3) is 0.0741. The summed E-state index contributed by atoms with van der Waals surface area (Å²) in [4.78, 5) is 9.74. The summed E-state index contributed by atoms with van der Waals surface area (Å²) in [5, 5.41) is 6.35. The Hall–Kier alpha value is -5.69. The third-order valence-electron chi connectivity index (χ3n) is 11.1. The molecule has 3 nitrogen and oxygen atoms in total. The first kappa shape index (κ1) is 36.2. The average Bonchev–Trinajstić information content (AvgIpc) is 3.87. The van der Waals surface area contributed by atoms with Crippen LogP contribution in [0, 0.1) is 19.0 Å². The maximum atomic E-state index is 8.07. The van der Waals surface area contributed by atoms with E-state index in [-0.39, 0.29) is 20.1 Å². The van der Waals surface area contributed by atoms with Crippen molar-refractivity contribution in [1.82, 2.24) is 14.5 Å². The molecule has 0 aliphatic rings. The van der Waals surface area contributed by atoms with Crippen LogP contribution in [0.25, 0.3) is 92.2 Å². The third-order valence-corrected chi connectivity index (χ3v) is 16.5. The van der Waals surface area contributed by atoms with Gasteiger partial charge >= 0.3 is 99.8 Å². The molecule has 11 aromatic rings. The molecule has 8 aromatic carbocycles. The van der Waals surface area contributed by atoms with Crippen molar-refractivity contribution in [2.24, 2.45) is 0 Å². The van der Waals surface area contributed by atoms with Crippen molar-refractivity contribution in [3.8, 4) is 39.5 Å². The van der Waals surface area contributed by atoms with E-state index in [1.165, 1.54) is 19.9 Å². The van der Waals surface area contributed by atoms with Crippen molar-refractivity contribution in [3.05, 3.63) is 194 Å². The molecule has 0 fully saturated rings. The SMILES string of the molecule is [2H]C([2H])([2H])c1ccc(-c2ccc3sc4c(-c5nc6ccccc6n5-c5cccc6ccccc56)[c-]ccc4c3c2)c2ccccc12.[CH3][Ge]([CH3])([CH3])[c]1ccc(-c2[c-]cccc2)nc1.[Ir]. The maximum absolute atomic E-state index is 8.07. The van der Waals surface area contributed by atoms with E-state index in [0.29, 0.717) is 5.56 Å². The van der Waals surface area contributed by atoms with E-state index in [9.17, 15) is 0 Å². The Balaban J connectivity index is 0.000000251. The fourth-order valence-corrected chi connectivity index (χ4v) is 11.4. The standard InChI is InChI=1S/C40H25N2S.C14H16GeN.Ir/c1-25-20-22-29(31-14-5-4-12-28(25)31)27-21-23-38-34(24-27)32-15-9-16-33(39(32)43-38)40-41-35-17-6-7-18-37(35)42(40)36-19-8-11-26-10-2-3-13-30(26)36;1-15(2,3)13-9-10-14(16-11-13)12-7-5-4-6-8-12;/h2-15,17-24H,1H3;4-7,9-11H,1-3H3;/q2*-1;/i1D3;;. The van der Waals surface area contributed by atoms with Gasteiger partial charge in [-0.2, -0.15) is 11.3 Å². The molecule has 0 amide bonds. The predicted molar refractivity (Wildman–Crippen MR) is 255 cm³/mol. The third kappa shape index (κ3) is 7.31. The maximum Gasteiger partial charge on any atom is 0 e. The molecule has 3 aromatic heterocycles. The van der Waals surface area contributed by atoms with Gasteiger partial charge in [-0.1, -0.05) is 102 Å². The van der Waals surface area contributed by atoms with Gasteiger partial charge in [-0.05, 0) is 80.1 Å². The first-order chi connectivity index (χ1) is 30.0. The fourth-order valence-electron chi connectivity index (χ4n) is 8.02. The second-order valence-corrected chi connectivity index (χ2v) is 27.5. The summed E-state index contributed by atoms with van der Waals surface area (Å²) in [6.45, 7) is -2.18. The molecule has 0 saturated carbocycles. The second-order valence-electron chi connectivity index (χ2n) is 15.8. The molecule has 11 rings (SSSR count). The quantitative estimate of drug-likeness (QED) is 0.127. The number of fused-ring (bicyclic) bond motifs is 6. The molecule has 60 heavy (non-hydrogen) atoms. The zero-order valence-electron chi connectivity index (χ0n) is 36.3. The molecule has 0 spiro atoms. The summed E-state index contributed by atoms with van der Waals surface area (Å²) in [5.41, 5.74) is 8.57. The Kier molecular flexibility index (Phi) is 9.89. The number of aromatic nitrogens is 3. The van der Waals surface area contributed by atoms with Crippen molar-refractivity contribution in [2.75, 3.05) is 0 Å². The van der Waals surface area contributed by atoms with Gasteiger partial charge in [0.05, 0.1) is 16.9 Å². The molecule has 0 unspecified atom stereocenters. The van der Waals surface area contributed by atoms with Crippen LogP contribution in [0.4, 0.5) is 0 Å². The smallest absolute Gasteiger partial charge is 0 e. The van der Waals surface area contributed by atoms with E-state index >= 15 is 0 Å². The van der Waals surface area contributed by atoms with Crippen LogP contribution in [0.15, 0.2) is 176 Å². The second kappa shape index (κ2) is 16.4. The van der Waals surface area contributed by atoms with E-state index in [4.69, 9.17) is 9.10 Å². The van der Waals surface area contributed by atoms with Crippen LogP contribution in [0.5, 0.6) is 0 Å². The number of hydrogen-bond donors (Lipinski definition) is 0. The zero-order chi connectivity index (χ0) is 42.6. The molecule has 0 saturated heterocycles.